The largest absolute Gasteiger partial charge is 0.496 e. The van der Waals surface area contributed by atoms with E-state index in [9.17, 15) is 0 Å². The topological polar surface area (TPSA) is 19.1 Å². The van der Waals surface area contributed by atoms with E-state index in [1.807, 2.05) is 46.8 Å². The summed E-state index contributed by atoms with van der Waals surface area (Å²) in [5, 5.41) is 10.2. The van der Waals surface area contributed by atoms with Crippen LogP contribution in [-0.4, -0.2) is 22.5 Å². The zero-order valence-corrected chi connectivity index (χ0v) is 59.1. The molecule has 0 saturated carbocycles. The zero-order chi connectivity index (χ0) is 68.2. The minimum atomic E-state index is 0.863. The van der Waals surface area contributed by atoms with E-state index in [1.54, 1.807) is 13.4 Å². The first-order valence-corrected chi connectivity index (χ1v) is 35.0. The Bertz CT molecular complexity index is 5530. The van der Waals surface area contributed by atoms with E-state index in [4.69, 9.17) is 4.74 Å². The number of allylic oxidation sites excluding steroid dienone is 4. The molecule has 16 rings (SSSR count). The second-order valence-corrected chi connectivity index (χ2v) is 24.6. The maximum absolute atomic E-state index is 5.46. The van der Waals surface area contributed by atoms with Crippen LogP contribution in [0.3, 0.4) is 0 Å². The molecule has 0 spiro atoms. The molecule has 0 atom stereocenters. The molecule has 2 heterocycles. The van der Waals surface area contributed by atoms with Gasteiger partial charge in [-0.3, -0.25) is 0 Å². The summed E-state index contributed by atoms with van der Waals surface area (Å²) in [6.07, 6.45) is 4.71. The molecule has 0 aliphatic heterocycles. The number of aromatic nitrogens is 2. The maximum atomic E-state index is 5.46. The lowest BCUT2D eigenvalue weighted by molar-refractivity contribution is 0.413. The number of hydrogen-bond acceptors (Lipinski definition) is 2. The normalized spacial score (nSPS) is 11.4. The number of thiol groups is 1. The van der Waals surface area contributed by atoms with Crippen LogP contribution in [0, 0.1) is 20.8 Å². The highest BCUT2D eigenvalue weighted by Gasteiger charge is 2.26. The predicted octanol–water partition coefficient (Wildman–Crippen LogP) is 27.1. The molecule has 0 fully saturated rings. The van der Waals surface area contributed by atoms with E-state index in [1.165, 1.54) is 171 Å². The number of para-hydroxylation sites is 2. The first kappa shape index (κ1) is 66.4. The predicted molar refractivity (Wildman–Crippen MR) is 429 cm³/mol. The van der Waals surface area contributed by atoms with E-state index in [-0.39, 0.29) is 0 Å². The fourth-order valence-electron chi connectivity index (χ4n) is 14.4. The summed E-state index contributed by atoms with van der Waals surface area (Å²) in [4.78, 5) is 0. The Hall–Kier alpha value is -10.7. The molecule has 0 amide bonds. The molecule has 97 heavy (non-hydrogen) atoms. The van der Waals surface area contributed by atoms with Crippen LogP contribution in [0.5, 0.6) is 5.75 Å². The molecule has 3 nitrogen and oxygen atoms in total. The van der Waals surface area contributed by atoms with E-state index in [0.29, 0.717) is 0 Å². The number of fused-ring (bicyclic) bond motifs is 11. The summed E-state index contributed by atoms with van der Waals surface area (Å²) in [7, 11) is 1.70. The summed E-state index contributed by atoms with van der Waals surface area (Å²) >= 11 is 3.53. The van der Waals surface area contributed by atoms with Crippen molar-refractivity contribution in [2.24, 2.45) is 0 Å². The van der Waals surface area contributed by atoms with Crippen molar-refractivity contribution in [1.29, 1.82) is 0 Å². The molecular weight excluding hydrogens is 1190 g/mol. The average Bonchev–Trinajstić information content (AvgIpc) is 1.57. The lowest BCUT2D eigenvalue weighted by atomic mass is 9.91. The summed E-state index contributed by atoms with van der Waals surface area (Å²) in [6, 6.07) is 94.0. The molecule has 0 saturated heterocycles. The number of ether oxygens (including phenoxy) is 1. The van der Waals surface area contributed by atoms with Crippen molar-refractivity contribution < 1.29 is 4.74 Å². The van der Waals surface area contributed by atoms with Gasteiger partial charge in [0.2, 0.25) is 0 Å². The van der Waals surface area contributed by atoms with Gasteiger partial charge < -0.3 is 13.9 Å². The standard InChI is InChI=1S/C64H46N2.C24H24O.2C2H6.CH4S/c1-5-39(3)47(6-2)55-36-44(23-22-40(55)4)45-28-33-61-57(38-45)50-16-9-11-20-58(50)66(61)60-35-32-52-49-31-26-43(37-56(49)51-18-13-19-53(60)63(51)52)41-24-29-46(30-25-41)65-59-21-12-10-17-54(59)64-48-15-8-7-14-42(48)27-34-62(64)65;1-16(2)22-14-20(12-13-24(22)25-5)19-11-10-18(4)23(15-19)21-9-7-6-8-17(21)3;3*1-2/h6-38H,2,5H2,1,3-4H3;6-15H,1H2,2-5H3;2*1-2H3;2H,1H3/b47-39+;;;;. The molecule has 1 aliphatic rings. The molecule has 15 aromatic rings. The van der Waals surface area contributed by atoms with Gasteiger partial charge >= 0.3 is 0 Å². The van der Waals surface area contributed by atoms with Crippen LogP contribution in [0.4, 0.5) is 0 Å². The summed E-state index contributed by atoms with van der Waals surface area (Å²) < 4.78 is 10.4. The zero-order valence-electron chi connectivity index (χ0n) is 58.2. The Morgan fingerprint density at radius 2 is 0.918 bits per heavy atom. The molecule has 0 unspecified atom stereocenters. The van der Waals surface area contributed by atoms with Gasteiger partial charge in [0.05, 0.1) is 34.9 Å². The van der Waals surface area contributed by atoms with Gasteiger partial charge in [0.1, 0.15) is 5.75 Å². The van der Waals surface area contributed by atoms with Gasteiger partial charge in [-0.05, 0) is 242 Å². The van der Waals surface area contributed by atoms with Crippen LogP contribution in [0.1, 0.15) is 82.7 Å². The smallest absolute Gasteiger partial charge is 0.126 e. The minimum Gasteiger partial charge on any atom is -0.496 e. The van der Waals surface area contributed by atoms with Crippen LogP contribution in [0.25, 0.3) is 154 Å². The lowest BCUT2D eigenvalue weighted by Crippen LogP contribution is -1.96. The monoisotopic (exact) mass is 1280 g/mol. The van der Waals surface area contributed by atoms with Gasteiger partial charge in [-0.2, -0.15) is 12.6 Å². The number of hydrogen-bond donors (Lipinski definition) is 1. The van der Waals surface area contributed by atoms with Gasteiger partial charge in [-0.15, -0.1) is 0 Å². The molecule has 13 aromatic carbocycles. The Balaban J connectivity index is 0.000000243. The van der Waals surface area contributed by atoms with Crippen molar-refractivity contribution in [1.82, 2.24) is 9.13 Å². The molecule has 1 aliphatic carbocycles. The van der Waals surface area contributed by atoms with E-state index in [0.717, 1.165) is 29.0 Å². The Labute approximate surface area is 579 Å². The maximum Gasteiger partial charge on any atom is 0.126 e. The average molecular weight is 1280 g/mol. The number of methoxy groups -OCH3 is 1. The molecular formula is C93H86N2OS. The van der Waals surface area contributed by atoms with Crippen LogP contribution in [-0.2, 0) is 0 Å². The Morgan fingerprint density at radius 1 is 0.402 bits per heavy atom. The van der Waals surface area contributed by atoms with Crippen LogP contribution >= 0.6 is 12.6 Å². The van der Waals surface area contributed by atoms with Crippen molar-refractivity contribution in [3.63, 3.8) is 0 Å². The Morgan fingerprint density at radius 3 is 1.63 bits per heavy atom. The fraction of sp³-hybridized carbons (Fsp3) is 0.140. The van der Waals surface area contributed by atoms with Crippen molar-refractivity contribution in [3.05, 3.63) is 307 Å². The van der Waals surface area contributed by atoms with Gasteiger partial charge in [0.25, 0.3) is 0 Å². The molecule has 480 valence electrons. The lowest BCUT2D eigenvalue weighted by Gasteiger charge is -2.14. The first-order chi connectivity index (χ1) is 47.5. The van der Waals surface area contributed by atoms with Gasteiger partial charge in [-0.25, -0.2) is 0 Å². The molecule has 0 radical (unpaired) electrons. The minimum absolute atomic E-state index is 0.863. The quantitative estimate of drug-likeness (QED) is 0.101. The SMILES string of the molecule is C=C(C)c1cc(-c2ccc(C)c(-c3ccccc3C)c2)ccc1OC.C=C/C(=C(/C)CC)c1cc(-c2ccc3c(c2)c2ccccc2n3-c2ccc3c4c(cccc24)-c2cc(-c4ccc(-n5c6ccccc6c6c7ccccc7ccc65)cc4)ccc2-3)ccc1C.CC.CC.CS. The second-order valence-electron chi connectivity index (χ2n) is 24.6. The number of benzene rings is 13. The highest BCUT2D eigenvalue weighted by atomic mass is 32.1. The number of aryl methyl sites for hydroxylation is 3. The summed E-state index contributed by atoms with van der Waals surface area (Å²) in [5.41, 5.74) is 31.9. The molecule has 2 aromatic heterocycles. The van der Waals surface area contributed by atoms with E-state index in [2.05, 4.69) is 318 Å². The second kappa shape index (κ2) is 28.7. The van der Waals surface area contributed by atoms with E-state index < -0.39 is 0 Å². The van der Waals surface area contributed by atoms with Gasteiger partial charge in [-0.1, -0.05) is 235 Å². The van der Waals surface area contributed by atoms with Crippen molar-refractivity contribution in [2.75, 3.05) is 13.4 Å². The highest BCUT2D eigenvalue weighted by molar-refractivity contribution is 7.79. The first-order valence-electron chi connectivity index (χ1n) is 34.1. The molecule has 0 N–H and O–H groups in total. The van der Waals surface area contributed by atoms with Crippen LogP contribution in [0.15, 0.2) is 280 Å². The Kier molecular flexibility index (Phi) is 19.7. The third-order valence-electron chi connectivity index (χ3n) is 19.3. The van der Waals surface area contributed by atoms with Crippen LogP contribution in [0.2, 0.25) is 0 Å². The third-order valence-corrected chi connectivity index (χ3v) is 19.3. The number of rotatable bonds is 11. The van der Waals surface area contributed by atoms with Gasteiger partial charge in [0, 0.05) is 38.2 Å². The highest BCUT2D eigenvalue weighted by Crippen LogP contribution is 2.51. The third kappa shape index (κ3) is 12.0. The van der Waals surface area contributed by atoms with Crippen molar-refractivity contribution in [3.8, 4) is 83.9 Å². The number of nitrogens with zero attached hydrogens (tertiary/aromatic N) is 2. The molecule has 0 bridgehead atoms. The van der Waals surface area contributed by atoms with Crippen LogP contribution < -0.4 is 4.74 Å². The van der Waals surface area contributed by atoms with Gasteiger partial charge in [0.15, 0.2) is 0 Å². The van der Waals surface area contributed by atoms with Crippen molar-refractivity contribution in [2.45, 2.75) is 75.7 Å². The van der Waals surface area contributed by atoms with E-state index >= 15 is 0 Å². The summed E-state index contributed by atoms with van der Waals surface area (Å²) in [6.45, 7) is 29.2. The fourth-order valence-corrected chi connectivity index (χ4v) is 14.4. The summed E-state index contributed by atoms with van der Waals surface area (Å²) in [5.74, 6) is 0.863. The van der Waals surface area contributed by atoms with Crippen molar-refractivity contribution >= 4 is 88.9 Å². The molecule has 4 heteroatoms.